The third-order valence-corrected chi connectivity index (χ3v) is 5.12. The van der Waals surface area contributed by atoms with Crippen LogP contribution in [-0.4, -0.2) is 5.25 Å². The van der Waals surface area contributed by atoms with E-state index in [9.17, 15) is 0 Å². The minimum atomic E-state index is 0.697. The largest absolute Gasteiger partial charge is 0.176 e. The summed E-state index contributed by atoms with van der Waals surface area (Å²) in [5.74, 6) is 2.06. The summed E-state index contributed by atoms with van der Waals surface area (Å²) in [7, 11) is 0. The van der Waals surface area contributed by atoms with Gasteiger partial charge < -0.3 is 0 Å². The molecule has 0 spiro atoms. The maximum atomic E-state index is 4.79. The lowest BCUT2D eigenvalue weighted by molar-refractivity contribution is 0.258. The van der Waals surface area contributed by atoms with Crippen LogP contribution in [0.25, 0.3) is 0 Å². The van der Waals surface area contributed by atoms with E-state index in [-0.39, 0.29) is 0 Å². The molecule has 3 atom stereocenters. The van der Waals surface area contributed by atoms with E-state index in [4.69, 9.17) is 12.6 Å². The second-order valence-electron chi connectivity index (χ2n) is 6.13. The second-order valence-corrected chi connectivity index (χ2v) is 6.86. The Morgan fingerprint density at radius 2 is 1.12 bits per heavy atom. The molecule has 2 aliphatic carbocycles. The molecule has 0 aromatic carbocycles. The van der Waals surface area contributed by atoms with Gasteiger partial charge in [-0.3, -0.25) is 0 Å². The van der Waals surface area contributed by atoms with Crippen LogP contribution in [0, 0.1) is 11.8 Å². The number of fused-ring (bicyclic) bond motifs is 2. The van der Waals surface area contributed by atoms with Crippen molar-refractivity contribution in [3.8, 4) is 0 Å². The molecule has 2 aliphatic rings. The van der Waals surface area contributed by atoms with Gasteiger partial charge in [-0.15, -0.1) is 0 Å². The normalized spacial score (nSPS) is 38.4. The van der Waals surface area contributed by atoms with Crippen molar-refractivity contribution in [1.82, 2.24) is 0 Å². The first-order chi connectivity index (χ1) is 7.84. The second kappa shape index (κ2) is 6.93. The SMILES string of the molecule is SC1CCCCCC2CCCCCC(C1)C2. The molecular formula is C15H28S. The van der Waals surface area contributed by atoms with Crippen LogP contribution in [0.3, 0.4) is 0 Å². The summed E-state index contributed by atoms with van der Waals surface area (Å²) < 4.78 is 0. The molecular weight excluding hydrogens is 212 g/mol. The summed E-state index contributed by atoms with van der Waals surface area (Å²) in [5.41, 5.74) is 0. The highest BCUT2D eigenvalue weighted by Crippen LogP contribution is 2.35. The van der Waals surface area contributed by atoms with Crippen LogP contribution >= 0.6 is 12.6 Å². The molecule has 2 rings (SSSR count). The zero-order valence-electron chi connectivity index (χ0n) is 10.7. The summed E-state index contributed by atoms with van der Waals surface area (Å²) in [5, 5.41) is 0.697. The first kappa shape index (κ1) is 12.8. The van der Waals surface area contributed by atoms with Gasteiger partial charge in [-0.05, 0) is 31.1 Å². The van der Waals surface area contributed by atoms with Crippen LogP contribution in [0.5, 0.6) is 0 Å². The lowest BCUT2D eigenvalue weighted by atomic mass is 9.79. The molecule has 1 heteroatoms. The van der Waals surface area contributed by atoms with E-state index < -0.39 is 0 Å². The Morgan fingerprint density at radius 3 is 1.81 bits per heavy atom. The van der Waals surface area contributed by atoms with E-state index in [0.29, 0.717) is 5.25 Å². The minimum Gasteiger partial charge on any atom is -0.176 e. The Balaban J connectivity index is 1.92. The maximum Gasteiger partial charge on any atom is 0.00194 e. The van der Waals surface area contributed by atoms with Gasteiger partial charge in [0.25, 0.3) is 0 Å². The van der Waals surface area contributed by atoms with E-state index >= 15 is 0 Å². The average molecular weight is 240 g/mol. The molecule has 0 saturated heterocycles. The van der Waals surface area contributed by atoms with E-state index in [0.717, 1.165) is 11.8 Å². The first-order valence-electron chi connectivity index (χ1n) is 7.52. The highest BCUT2D eigenvalue weighted by atomic mass is 32.1. The summed E-state index contributed by atoms with van der Waals surface area (Å²) >= 11 is 4.79. The quantitative estimate of drug-likeness (QED) is 0.551. The Labute approximate surface area is 107 Å². The van der Waals surface area contributed by atoms with Crippen LogP contribution in [0.2, 0.25) is 0 Å². The topological polar surface area (TPSA) is 0 Å². The fourth-order valence-corrected chi connectivity index (χ4v) is 4.20. The van der Waals surface area contributed by atoms with Gasteiger partial charge in [-0.1, -0.05) is 57.8 Å². The van der Waals surface area contributed by atoms with Crippen LogP contribution in [0.1, 0.15) is 77.0 Å². The zero-order chi connectivity index (χ0) is 11.2. The fourth-order valence-electron chi connectivity index (χ4n) is 3.72. The number of hydrogen-bond donors (Lipinski definition) is 1. The van der Waals surface area contributed by atoms with Crippen LogP contribution in [0.4, 0.5) is 0 Å². The van der Waals surface area contributed by atoms with E-state index in [1.165, 1.54) is 77.0 Å². The lowest BCUT2D eigenvalue weighted by Crippen LogP contribution is -2.17. The van der Waals surface area contributed by atoms with Gasteiger partial charge in [-0.25, -0.2) is 0 Å². The Morgan fingerprint density at radius 1 is 0.562 bits per heavy atom. The third-order valence-electron chi connectivity index (χ3n) is 4.65. The van der Waals surface area contributed by atoms with Crippen molar-refractivity contribution in [1.29, 1.82) is 0 Å². The van der Waals surface area contributed by atoms with Crippen LogP contribution in [0.15, 0.2) is 0 Å². The first-order valence-corrected chi connectivity index (χ1v) is 8.04. The van der Waals surface area contributed by atoms with E-state index in [2.05, 4.69) is 0 Å². The van der Waals surface area contributed by atoms with Crippen molar-refractivity contribution in [3.63, 3.8) is 0 Å². The predicted octanol–water partition coefficient (Wildman–Crippen LogP) is 5.23. The van der Waals surface area contributed by atoms with Gasteiger partial charge in [0.2, 0.25) is 0 Å². The molecule has 2 bridgehead atoms. The molecule has 2 fully saturated rings. The maximum absolute atomic E-state index is 4.79. The number of thiol groups is 1. The van der Waals surface area contributed by atoms with E-state index in [1.54, 1.807) is 0 Å². The van der Waals surface area contributed by atoms with Crippen LogP contribution in [-0.2, 0) is 0 Å². The van der Waals surface area contributed by atoms with Crippen molar-refractivity contribution in [3.05, 3.63) is 0 Å². The summed E-state index contributed by atoms with van der Waals surface area (Å²) in [6.07, 6.45) is 17.7. The molecule has 0 nitrogen and oxygen atoms in total. The van der Waals surface area contributed by atoms with Gasteiger partial charge in [0.15, 0.2) is 0 Å². The molecule has 0 aromatic rings. The molecule has 94 valence electrons. The highest BCUT2D eigenvalue weighted by Gasteiger charge is 2.21. The van der Waals surface area contributed by atoms with Crippen molar-refractivity contribution in [2.45, 2.75) is 82.3 Å². The van der Waals surface area contributed by atoms with Crippen LogP contribution < -0.4 is 0 Å². The molecule has 0 N–H and O–H groups in total. The van der Waals surface area contributed by atoms with Crippen molar-refractivity contribution in [2.75, 3.05) is 0 Å². The summed E-state index contributed by atoms with van der Waals surface area (Å²) in [4.78, 5) is 0. The van der Waals surface area contributed by atoms with Crippen molar-refractivity contribution < 1.29 is 0 Å². The summed E-state index contributed by atoms with van der Waals surface area (Å²) in [6.45, 7) is 0. The number of hydrogen-bond acceptors (Lipinski definition) is 1. The molecule has 0 aromatic heterocycles. The van der Waals surface area contributed by atoms with E-state index in [1.807, 2.05) is 0 Å². The van der Waals surface area contributed by atoms with Gasteiger partial charge >= 0.3 is 0 Å². The summed E-state index contributed by atoms with van der Waals surface area (Å²) in [6, 6.07) is 0. The number of rotatable bonds is 0. The molecule has 0 radical (unpaired) electrons. The highest BCUT2D eigenvalue weighted by molar-refractivity contribution is 7.80. The molecule has 3 unspecified atom stereocenters. The monoisotopic (exact) mass is 240 g/mol. The molecule has 16 heavy (non-hydrogen) atoms. The molecule has 0 amide bonds. The molecule has 0 heterocycles. The van der Waals surface area contributed by atoms with Gasteiger partial charge in [0.1, 0.15) is 0 Å². The predicted molar refractivity (Wildman–Crippen MR) is 75.2 cm³/mol. The van der Waals surface area contributed by atoms with Crippen molar-refractivity contribution >= 4 is 12.6 Å². The fraction of sp³-hybridized carbons (Fsp3) is 1.00. The smallest absolute Gasteiger partial charge is 0.00194 e. The Bertz CT molecular complexity index is 190. The third kappa shape index (κ3) is 4.31. The Hall–Kier alpha value is 0.350. The lowest BCUT2D eigenvalue weighted by Gasteiger charge is -2.29. The van der Waals surface area contributed by atoms with Gasteiger partial charge in [-0.2, -0.15) is 12.6 Å². The molecule has 2 saturated carbocycles. The van der Waals surface area contributed by atoms with Gasteiger partial charge in [0, 0.05) is 5.25 Å². The minimum absolute atomic E-state index is 0.697. The zero-order valence-corrected chi connectivity index (χ0v) is 11.6. The van der Waals surface area contributed by atoms with Gasteiger partial charge in [0.05, 0.1) is 0 Å². The van der Waals surface area contributed by atoms with Crippen molar-refractivity contribution in [2.24, 2.45) is 11.8 Å². The Kier molecular flexibility index (Phi) is 5.55. The average Bonchev–Trinajstić information content (AvgIpc) is 2.23. The molecule has 0 aliphatic heterocycles. The standard InChI is InChI=1S/C15H28S/c16-15-10-6-2-4-8-13-7-3-1-5-9-14(11-13)12-15/h13-16H,1-12H2.